The lowest BCUT2D eigenvalue weighted by atomic mass is 9.98. The molecule has 0 bridgehead atoms. The van der Waals surface area contributed by atoms with Crippen molar-refractivity contribution in [2.45, 2.75) is 40.7 Å². The summed E-state index contributed by atoms with van der Waals surface area (Å²) >= 11 is 0. The standard InChI is InChI=1S/C16H26N2O/c1-11(2)13(4)10-17-14(5)16(19)18-15-8-6-12(3)7-9-15/h6-9,11,13-14,17H,10H2,1-5H3,(H,18,19). The Kier molecular flexibility index (Phi) is 6.03. The average molecular weight is 262 g/mol. The zero-order valence-electron chi connectivity index (χ0n) is 12.7. The number of aryl methyl sites for hydroxylation is 1. The van der Waals surface area contributed by atoms with Crippen LogP contribution in [0, 0.1) is 18.8 Å². The molecule has 1 aromatic carbocycles. The van der Waals surface area contributed by atoms with E-state index in [1.54, 1.807) is 0 Å². The molecule has 0 aromatic heterocycles. The predicted molar refractivity (Wildman–Crippen MR) is 81.3 cm³/mol. The molecule has 2 unspecified atom stereocenters. The summed E-state index contributed by atoms with van der Waals surface area (Å²) in [7, 11) is 0. The van der Waals surface area contributed by atoms with E-state index in [0.717, 1.165) is 12.2 Å². The molecule has 106 valence electrons. The second-order valence-corrected chi connectivity index (χ2v) is 5.71. The molecule has 1 aromatic rings. The number of hydrogen-bond donors (Lipinski definition) is 2. The highest BCUT2D eigenvalue weighted by Gasteiger charge is 2.14. The molecule has 0 aliphatic rings. The monoisotopic (exact) mass is 262 g/mol. The molecule has 0 saturated carbocycles. The number of nitrogens with one attached hydrogen (secondary N) is 2. The van der Waals surface area contributed by atoms with E-state index in [4.69, 9.17) is 0 Å². The minimum Gasteiger partial charge on any atom is -0.325 e. The van der Waals surface area contributed by atoms with Gasteiger partial charge in [-0.15, -0.1) is 0 Å². The van der Waals surface area contributed by atoms with Crippen molar-refractivity contribution >= 4 is 11.6 Å². The number of carbonyl (C=O) groups excluding carboxylic acids is 1. The van der Waals surface area contributed by atoms with Crippen LogP contribution < -0.4 is 10.6 Å². The van der Waals surface area contributed by atoms with Crippen LogP contribution in [0.3, 0.4) is 0 Å². The maximum atomic E-state index is 12.0. The molecule has 0 aliphatic heterocycles. The third-order valence-corrected chi connectivity index (χ3v) is 3.60. The second kappa shape index (κ2) is 7.29. The fraction of sp³-hybridized carbons (Fsp3) is 0.562. The molecule has 0 heterocycles. The Hall–Kier alpha value is -1.35. The molecule has 19 heavy (non-hydrogen) atoms. The Morgan fingerprint density at radius 3 is 2.21 bits per heavy atom. The van der Waals surface area contributed by atoms with Gasteiger partial charge in [0.2, 0.25) is 5.91 Å². The third kappa shape index (κ3) is 5.43. The van der Waals surface area contributed by atoms with E-state index >= 15 is 0 Å². The van der Waals surface area contributed by atoms with Gasteiger partial charge in [-0.2, -0.15) is 0 Å². The summed E-state index contributed by atoms with van der Waals surface area (Å²) in [6.45, 7) is 11.4. The number of rotatable bonds is 6. The van der Waals surface area contributed by atoms with Crippen LogP contribution in [0.1, 0.15) is 33.3 Å². The highest BCUT2D eigenvalue weighted by Crippen LogP contribution is 2.10. The molecule has 1 amide bonds. The highest BCUT2D eigenvalue weighted by atomic mass is 16.2. The maximum Gasteiger partial charge on any atom is 0.241 e. The number of anilines is 1. The van der Waals surface area contributed by atoms with Gasteiger partial charge in [0.1, 0.15) is 0 Å². The molecule has 0 aliphatic carbocycles. The molecule has 0 radical (unpaired) electrons. The van der Waals surface area contributed by atoms with Gasteiger partial charge in [0, 0.05) is 5.69 Å². The minimum absolute atomic E-state index is 0.0137. The van der Waals surface area contributed by atoms with Crippen molar-refractivity contribution in [1.29, 1.82) is 0 Å². The van der Waals surface area contributed by atoms with Crippen molar-refractivity contribution in [2.24, 2.45) is 11.8 Å². The van der Waals surface area contributed by atoms with E-state index < -0.39 is 0 Å². The van der Waals surface area contributed by atoms with E-state index in [1.807, 2.05) is 38.1 Å². The highest BCUT2D eigenvalue weighted by molar-refractivity contribution is 5.94. The van der Waals surface area contributed by atoms with Gasteiger partial charge < -0.3 is 10.6 Å². The van der Waals surface area contributed by atoms with Crippen molar-refractivity contribution in [1.82, 2.24) is 5.32 Å². The van der Waals surface area contributed by atoms with Gasteiger partial charge in [-0.25, -0.2) is 0 Å². The van der Waals surface area contributed by atoms with E-state index in [1.165, 1.54) is 5.56 Å². The summed E-state index contributed by atoms with van der Waals surface area (Å²) in [6, 6.07) is 7.67. The van der Waals surface area contributed by atoms with Crippen LogP contribution in [-0.2, 0) is 4.79 Å². The minimum atomic E-state index is -0.178. The second-order valence-electron chi connectivity index (χ2n) is 5.71. The largest absolute Gasteiger partial charge is 0.325 e. The lowest BCUT2D eigenvalue weighted by Crippen LogP contribution is -2.40. The number of carbonyl (C=O) groups is 1. The molecular formula is C16H26N2O. The van der Waals surface area contributed by atoms with Crippen LogP contribution in [-0.4, -0.2) is 18.5 Å². The molecule has 0 spiro atoms. The number of benzene rings is 1. The maximum absolute atomic E-state index is 12.0. The summed E-state index contributed by atoms with van der Waals surface area (Å²) in [5.74, 6) is 1.20. The molecule has 2 N–H and O–H groups in total. The molecule has 3 heteroatoms. The van der Waals surface area contributed by atoms with Crippen LogP contribution in [0.25, 0.3) is 0 Å². The van der Waals surface area contributed by atoms with Crippen molar-refractivity contribution in [3.63, 3.8) is 0 Å². The van der Waals surface area contributed by atoms with E-state index in [2.05, 4.69) is 31.4 Å². The lowest BCUT2D eigenvalue weighted by molar-refractivity contribution is -0.117. The molecule has 1 rings (SSSR count). The summed E-state index contributed by atoms with van der Waals surface area (Å²) in [5.41, 5.74) is 2.04. The van der Waals surface area contributed by atoms with Crippen molar-refractivity contribution in [3.8, 4) is 0 Å². The van der Waals surface area contributed by atoms with Gasteiger partial charge in [0.15, 0.2) is 0 Å². The predicted octanol–water partition coefficient (Wildman–Crippen LogP) is 3.20. The van der Waals surface area contributed by atoms with E-state index in [0.29, 0.717) is 11.8 Å². The molecule has 0 saturated heterocycles. The summed E-state index contributed by atoms with van der Waals surface area (Å²) in [4.78, 5) is 12.0. The van der Waals surface area contributed by atoms with Gasteiger partial charge >= 0.3 is 0 Å². The van der Waals surface area contributed by atoms with Crippen LogP contribution in [0.5, 0.6) is 0 Å². The summed E-state index contributed by atoms with van der Waals surface area (Å²) < 4.78 is 0. The van der Waals surface area contributed by atoms with Crippen molar-refractivity contribution in [3.05, 3.63) is 29.8 Å². The zero-order chi connectivity index (χ0) is 14.4. The quantitative estimate of drug-likeness (QED) is 0.826. The Labute approximate surface area is 116 Å². The number of amides is 1. The van der Waals surface area contributed by atoms with Crippen molar-refractivity contribution < 1.29 is 4.79 Å². The van der Waals surface area contributed by atoms with Crippen LogP contribution in [0.15, 0.2) is 24.3 Å². The van der Waals surface area contributed by atoms with Gasteiger partial charge in [0.25, 0.3) is 0 Å². The molecule has 3 nitrogen and oxygen atoms in total. The normalized spacial score (nSPS) is 14.2. The molecule has 0 fully saturated rings. The molecule has 2 atom stereocenters. The van der Waals surface area contributed by atoms with E-state index in [-0.39, 0.29) is 11.9 Å². The van der Waals surface area contributed by atoms with Crippen molar-refractivity contribution in [2.75, 3.05) is 11.9 Å². The summed E-state index contributed by atoms with van der Waals surface area (Å²) in [5, 5.41) is 6.20. The first kappa shape index (κ1) is 15.7. The van der Waals surface area contributed by atoms with Gasteiger partial charge in [0.05, 0.1) is 6.04 Å². The third-order valence-electron chi connectivity index (χ3n) is 3.60. The number of hydrogen-bond acceptors (Lipinski definition) is 2. The first-order valence-corrected chi connectivity index (χ1v) is 7.01. The fourth-order valence-electron chi connectivity index (χ4n) is 1.58. The van der Waals surface area contributed by atoms with Gasteiger partial charge in [-0.05, 0) is 44.4 Å². The average Bonchev–Trinajstić information content (AvgIpc) is 2.37. The molecular weight excluding hydrogens is 236 g/mol. The van der Waals surface area contributed by atoms with Crippen LogP contribution in [0.2, 0.25) is 0 Å². The van der Waals surface area contributed by atoms with E-state index in [9.17, 15) is 4.79 Å². The van der Waals surface area contributed by atoms with Gasteiger partial charge in [-0.1, -0.05) is 38.5 Å². The first-order valence-electron chi connectivity index (χ1n) is 7.01. The fourth-order valence-corrected chi connectivity index (χ4v) is 1.58. The SMILES string of the molecule is Cc1ccc(NC(=O)C(C)NCC(C)C(C)C)cc1. The Bertz CT molecular complexity index is 398. The lowest BCUT2D eigenvalue weighted by Gasteiger charge is -2.20. The Morgan fingerprint density at radius 1 is 1.11 bits per heavy atom. The summed E-state index contributed by atoms with van der Waals surface area (Å²) in [6.07, 6.45) is 0. The smallest absolute Gasteiger partial charge is 0.241 e. The van der Waals surface area contributed by atoms with Gasteiger partial charge in [-0.3, -0.25) is 4.79 Å². The zero-order valence-corrected chi connectivity index (χ0v) is 12.7. The van der Waals surface area contributed by atoms with Crippen LogP contribution >= 0.6 is 0 Å². The Balaban J connectivity index is 2.42. The first-order chi connectivity index (χ1) is 8.90. The Morgan fingerprint density at radius 2 is 1.68 bits per heavy atom. The topological polar surface area (TPSA) is 41.1 Å². The van der Waals surface area contributed by atoms with Crippen LogP contribution in [0.4, 0.5) is 5.69 Å².